The third-order valence-electron chi connectivity index (χ3n) is 11.3. The molecule has 7 aromatic carbocycles. The fourth-order valence-electron chi connectivity index (χ4n) is 8.68. The SMILES string of the molecule is C1=CC2=C(NC1)C1(c3ccccc3Oc3ccccc31)c1cc(-c3ccc(-c4cccc(CNN/C(=C\Cc5ccccc5)c5ccccc5)c4)cc3)ccc12. The van der Waals surface area contributed by atoms with E-state index in [1.807, 2.05) is 0 Å². The number of fused-ring (bicyclic) bond motifs is 8. The highest BCUT2D eigenvalue weighted by Crippen LogP contribution is 2.61. The van der Waals surface area contributed by atoms with Crippen LogP contribution in [0.5, 0.6) is 11.5 Å². The molecule has 0 atom stereocenters. The Bertz CT molecular complexity index is 2610. The van der Waals surface area contributed by atoms with Gasteiger partial charge in [-0.05, 0) is 80.8 Å². The van der Waals surface area contributed by atoms with Gasteiger partial charge >= 0.3 is 0 Å². The summed E-state index contributed by atoms with van der Waals surface area (Å²) in [6.45, 7) is 1.47. The summed E-state index contributed by atoms with van der Waals surface area (Å²) in [7, 11) is 0. The first-order valence-corrected chi connectivity index (χ1v) is 19.4. The van der Waals surface area contributed by atoms with Gasteiger partial charge in [-0.3, -0.25) is 0 Å². The Morgan fingerprint density at radius 2 is 1.21 bits per heavy atom. The van der Waals surface area contributed by atoms with Gasteiger partial charge in [0.25, 0.3) is 0 Å². The molecule has 0 saturated heterocycles. The summed E-state index contributed by atoms with van der Waals surface area (Å²) in [6, 6.07) is 62.9. The van der Waals surface area contributed by atoms with Gasteiger partial charge in [-0.15, -0.1) is 0 Å². The Hall–Kier alpha value is -6.88. The van der Waals surface area contributed by atoms with Crippen LogP contribution in [0.2, 0.25) is 0 Å². The van der Waals surface area contributed by atoms with Gasteiger partial charge in [0.05, 0.1) is 11.1 Å². The number of dihydropyridines is 1. The summed E-state index contributed by atoms with van der Waals surface area (Å²) in [5.74, 6) is 1.81. The average molecular weight is 724 g/mol. The first kappa shape index (κ1) is 33.7. The van der Waals surface area contributed by atoms with Crippen molar-refractivity contribution < 1.29 is 4.74 Å². The second-order valence-corrected chi connectivity index (χ2v) is 14.6. The van der Waals surface area contributed by atoms with Gasteiger partial charge in [0.2, 0.25) is 0 Å². The van der Waals surface area contributed by atoms with Crippen molar-refractivity contribution in [3.8, 4) is 33.8 Å². The molecule has 1 aliphatic carbocycles. The molecule has 2 heterocycles. The van der Waals surface area contributed by atoms with Crippen molar-refractivity contribution in [2.45, 2.75) is 18.4 Å². The lowest BCUT2D eigenvalue weighted by Gasteiger charge is -2.41. The largest absolute Gasteiger partial charge is 0.457 e. The summed E-state index contributed by atoms with van der Waals surface area (Å²) in [6.07, 6.45) is 7.61. The van der Waals surface area contributed by atoms with E-state index in [1.165, 1.54) is 66.9 Å². The van der Waals surface area contributed by atoms with Crippen LogP contribution in [0.25, 0.3) is 33.5 Å². The van der Waals surface area contributed by atoms with Crippen molar-refractivity contribution in [3.05, 3.63) is 239 Å². The quantitative estimate of drug-likeness (QED) is 0.130. The van der Waals surface area contributed by atoms with Gasteiger partial charge in [-0.1, -0.05) is 170 Å². The van der Waals surface area contributed by atoms with Gasteiger partial charge in [0.15, 0.2) is 0 Å². The molecule has 0 radical (unpaired) electrons. The number of hydrazine groups is 1. The second-order valence-electron chi connectivity index (χ2n) is 14.6. The first-order valence-electron chi connectivity index (χ1n) is 19.4. The zero-order chi connectivity index (χ0) is 37.3. The number of hydrogen-bond donors (Lipinski definition) is 3. The Morgan fingerprint density at radius 3 is 1.95 bits per heavy atom. The average Bonchev–Trinajstić information content (AvgIpc) is 3.55. The molecule has 10 rings (SSSR count). The van der Waals surface area contributed by atoms with E-state index < -0.39 is 5.41 Å². The lowest BCUT2D eigenvalue weighted by atomic mass is 9.67. The third-order valence-corrected chi connectivity index (χ3v) is 11.3. The van der Waals surface area contributed by atoms with Crippen molar-refractivity contribution in [1.82, 2.24) is 16.2 Å². The summed E-state index contributed by atoms with van der Waals surface area (Å²) < 4.78 is 6.53. The van der Waals surface area contributed by atoms with E-state index in [0.29, 0.717) is 6.54 Å². The van der Waals surface area contributed by atoms with E-state index in [4.69, 9.17) is 4.74 Å². The molecule has 4 heteroatoms. The summed E-state index contributed by atoms with van der Waals surface area (Å²) in [5.41, 5.74) is 23.3. The van der Waals surface area contributed by atoms with E-state index in [9.17, 15) is 0 Å². The number of para-hydroxylation sites is 2. The van der Waals surface area contributed by atoms with Crippen molar-refractivity contribution in [2.75, 3.05) is 6.54 Å². The topological polar surface area (TPSA) is 45.3 Å². The highest BCUT2D eigenvalue weighted by molar-refractivity contribution is 5.93. The van der Waals surface area contributed by atoms with E-state index in [0.717, 1.165) is 35.7 Å². The molecular formula is C52H41N3O. The Labute approximate surface area is 328 Å². The van der Waals surface area contributed by atoms with Gasteiger partial charge in [-0.25, -0.2) is 5.43 Å². The Kier molecular flexibility index (Phi) is 8.66. The van der Waals surface area contributed by atoms with Gasteiger partial charge in [-0.2, -0.15) is 0 Å². The minimum absolute atomic E-state index is 0.500. The highest BCUT2D eigenvalue weighted by Gasteiger charge is 2.52. The van der Waals surface area contributed by atoms with Crippen molar-refractivity contribution >= 4 is 11.3 Å². The lowest BCUT2D eigenvalue weighted by molar-refractivity contribution is 0.429. The third kappa shape index (κ3) is 5.92. The second kappa shape index (κ2) is 14.4. The van der Waals surface area contributed by atoms with Crippen LogP contribution >= 0.6 is 0 Å². The molecule has 1 spiro atoms. The maximum atomic E-state index is 6.53. The molecule has 0 fully saturated rings. The highest BCUT2D eigenvalue weighted by atomic mass is 16.5. The number of rotatable bonds is 9. The molecule has 4 nitrogen and oxygen atoms in total. The standard InChI is InChI=1S/C52H41N3O/c1-3-13-36(14-4-1)24-31-48(40-16-5-2-6-17-40)55-54-35-37-15-11-18-41(33-37)38-25-27-39(28-26-38)42-29-30-43-44-19-12-32-53-51(44)52(47(43)34-42)45-20-7-9-22-49(45)56-50-23-10-8-21-46(50)52/h1-23,25-31,33-34,53-55H,24,32,35H2/b48-31-. The van der Waals surface area contributed by atoms with Gasteiger partial charge < -0.3 is 15.5 Å². The van der Waals surface area contributed by atoms with Crippen LogP contribution in [0, 0.1) is 0 Å². The first-order chi connectivity index (χ1) is 27.8. The van der Waals surface area contributed by atoms with Crippen LogP contribution in [0.1, 0.15) is 38.9 Å². The van der Waals surface area contributed by atoms with E-state index in [-0.39, 0.29) is 0 Å². The zero-order valence-electron chi connectivity index (χ0n) is 31.0. The smallest absolute Gasteiger partial charge is 0.132 e. The maximum Gasteiger partial charge on any atom is 0.132 e. The predicted molar refractivity (Wildman–Crippen MR) is 229 cm³/mol. The van der Waals surface area contributed by atoms with E-state index in [2.05, 4.69) is 210 Å². The fraction of sp³-hybridized carbons (Fsp3) is 0.0769. The Balaban J connectivity index is 0.920. The Morgan fingerprint density at radius 1 is 0.589 bits per heavy atom. The molecule has 3 aliphatic rings. The molecule has 7 aromatic rings. The zero-order valence-corrected chi connectivity index (χ0v) is 31.0. The predicted octanol–water partition coefficient (Wildman–Crippen LogP) is 11.2. The summed E-state index contributed by atoms with van der Waals surface area (Å²) in [5, 5.41) is 3.82. The van der Waals surface area contributed by atoms with Crippen LogP contribution < -0.4 is 20.9 Å². The van der Waals surface area contributed by atoms with E-state index >= 15 is 0 Å². The van der Waals surface area contributed by atoms with Crippen molar-refractivity contribution in [1.29, 1.82) is 0 Å². The monoisotopic (exact) mass is 723 g/mol. The molecule has 270 valence electrons. The lowest BCUT2D eigenvalue weighted by Crippen LogP contribution is -2.39. The fourth-order valence-corrected chi connectivity index (χ4v) is 8.68. The number of ether oxygens (including phenoxy) is 1. The maximum absolute atomic E-state index is 6.53. The van der Waals surface area contributed by atoms with Gasteiger partial charge in [0.1, 0.15) is 11.5 Å². The molecule has 2 aliphatic heterocycles. The molecule has 56 heavy (non-hydrogen) atoms. The molecule has 0 amide bonds. The molecule has 3 N–H and O–H groups in total. The number of allylic oxidation sites excluding steroid dienone is 4. The van der Waals surface area contributed by atoms with Crippen molar-refractivity contribution in [3.63, 3.8) is 0 Å². The molecule has 0 saturated carbocycles. The van der Waals surface area contributed by atoms with Gasteiger partial charge in [0, 0.05) is 35.5 Å². The molecule has 0 unspecified atom stereocenters. The summed E-state index contributed by atoms with van der Waals surface area (Å²) >= 11 is 0. The minimum Gasteiger partial charge on any atom is -0.457 e. The molecular weight excluding hydrogens is 683 g/mol. The molecule has 0 bridgehead atoms. The van der Waals surface area contributed by atoms with Crippen LogP contribution in [-0.2, 0) is 18.4 Å². The minimum atomic E-state index is -0.500. The number of benzene rings is 7. The van der Waals surface area contributed by atoms with Crippen LogP contribution in [0.3, 0.4) is 0 Å². The van der Waals surface area contributed by atoms with Crippen LogP contribution in [-0.4, -0.2) is 6.54 Å². The van der Waals surface area contributed by atoms with E-state index in [1.54, 1.807) is 0 Å². The number of hydrogen-bond acceptors (Lipinski definition) is 4. The molecule has 0 aromatic heterocycles. The van der Waals surface area contributed by atoms with Crippen molar-refractivity contribution in [2.24, 2.45) is 0 Å². The number of nitrogens with one attached hydrogen (secondary N) is 3. The normalized spacial score (nSPS) is 14.6. The summed E-state index contributed by atoms with van der Waals surface area (Å²) in [4.78, 5) is 0. The van der Waals surface area contributed by atoms with Crippen LogP contribution in [0.4, 0.5) is 0 Å². The van der Waals surface area contributed by atoms with Crippen LogP contribution in [0.15, 0.2) is 200 Å².